The molecule has 0 aromatic heterocycles. The van der Waals surface area contributed by atoms with Gasteiger partial charge < -0.3 is 25.2 Å². The first-order valence-corrected chi connectivity index (χ1v) is 25.7. The largest absolute Gasteiger partial charge is 0.480 e. The Bertz CT molecular complexity index is 1140. The summed E-state index contributed by atoms with van der Waals surface area (Å²) in [5, 5.41) is 8.92. The summed E-state index contributed by atoms with van der Waals surface area (Å²) in [4.78, 5) is 33.6. The zero-order valence-electron chi connectivity index (χ0n) is 38.3. The number of aliphatic carboxylic acids is 1. The molecule has 0 rings (SSSR count). The quantitative estimate of drug-likeness (QED) is 0.0233. The normalized spacial score (nSPS) is 14.2. The van der Waals surface area contributed by atoms with E-state index in [9.17, 15) is 19.0 Å². The maximum atomic E-state index is 12.7. The first kappa shape index (κ1) is 57.9. The summed E-state index contributed by atoms with van der Waals surface area (Å²) in [6.07, 6.45) is 53.0. The molecule has 0 fully saturated rings. The summed E-state index contributed by atoms with van der Waals surface area (Å²) in [7, 11) is -4.62. The number of hydrogen-bond donors (Lipinski definition) is 3. The molecule has 0 aliphatic heterocycles. The van der Waals surface area contributed by atoms with Crippen molar-refractivity contribution in [2.45, 2.75) is 225 Å². The van der Waals surface area contributed by atoms with Crippen LogP contribution in [0.2, 0.25) is 0 Å². The molecule has 11 heteroatoms. The maximum absolute atomic E-state index is 12.7. The molecular weight excluding hydrogens is 778 g/mol. The average Bonchev–Trinajstić information content (AvgIpc) is 3.23. The van der Waals surface area contributed by atoms with E-state index in [1.54, 1.807) is 0 Å². The minimum atomic E-state index is -4.62. The van der Waals surface area contributed by atoms with Crippen LogP contribution in [0, 0.1) is 0 Å². The number of carboxylic acids is 1. The number of allylic oxidation sites excluding steroid dienone is 8. The van der Waals surface area contributed by atoms with Gasteiger partial charge in [0.25, 0.3) is 0 Å². The van der Waals surface area contributed by atoms with Gasteiger partial charge in [0, 0.05) is 13.0 Å². The number of hydrogen-bond acceptors (Lipinski definition) is 8. The van der Waals surface area contributed by atoms with Gasteiger partial charge in [-0.2, -0.15) is 0 Å². The lowest BCUT2D eigenvalue weighted by atomic mass is 10.1. The Hall–Kier alpha value is -2.07. The van der Waals surface area contributed by atoms with Crippen LogP contribution in [0.5, 0.6) is 0 Å². The molecule has 0 aromatic rings. The van der Waals surface area contributed by atoms with Gasteiger partial charge in [0.05, 0.1) is 19.8 Å². The number of phosphoric acid groups is 1. The van der Waals surface area contributed by atoms with Gasteiger partial charge in [-0.3, -0.25) is 18.6 Å². The van der Waals surface area contributed by atoms with E-state index in [2.05, 4.69) is 62.5 Å². The lowest BCUT2D eigenvalue weighted by Crippen LogP contribution is -2.34. The number of nitrogens with two attached hydrogens (primary N) is 1. The topological polar surface area (TPSA) is 155 Å². The smallest absolute Gasteiger partial charge is 0.472 e. The van der Waals surface area contributed by atoms with Crippen molar-refractivity contribution in [1.82, 2.24) is 0 Å². The monoisotopic (exact) mass is 868 g/mol. The fraction of sp³-hybridized carbons (Fsp3) is 0.796. The van der Waals surface area contributed by atoms with E-state index in [1.807, 2.05) is 0 Å². The molecule has 0 aliphatic rings. The van der Waals surface area contributed by atoms with E-state index in [4.69, 9.17) is 29.4 Å². The van der Waals surface area contributed by atoms with Gasteiger partial charge in [0.15, 0.2) is 0 Å². The molecule has 0 spiro atoms. The molecule has 0 amide bonds. The van der Waals surface area contributed by atoms with Crippen LogP contribution in [0.1, 0.15) is 213 Å². The van der Waals surface area contributed by atoms with E-state index in [-0.39, 0.29) is 13.0 Å². The Labute approximate surface area is 367 Å². The average molecular weight is 868 g/mol. The number of unbranched alkanes of at least 4 members (excludes halogenated alkanes) is 24. The molecule has 0 radical (unpaired) electrons. The Balaban J connectivity index is 4.20. The minimum Gasteiger partial charge on any atom is -0.480 e. The zero-order chi connectivity index (χ0) is 44.0. The van der Waals surface area contributed by atoms with Gasteiger partial charge in [0.1, 0.15) is 12.1 Å². The van der Waals surface area contributed by atoms with Crippen molar-refractivity contribution in [1.29, 1.82) is 0 Å². The van der Waals surface area contributed by atoms with Crippen molar-refractivity contribution in [2.75, 3.05) is 26.4 Å². The van der Waals surface area contributed by atoms with Crippen molar-refractivity contribution < 1.29 is 42.7 Å². The second kappa shape index (κ2) is 45.0. The lowest BCUT2D eigenvalue weighted by Gasteiger charge is -2.20. The standard InChI is InChI=1S/C49H90NO9P/c1-3-5-7-9-11-13-15-17-19-21-23-25-27-29-31-33-35-37-39-41-48(51)59-46(44-57-60(54,55)58-45-47(50)49(52)53)43-56-42-40-38-36-34-32-30-28-26-24-22-20-18-16-14-12-10-8-6-4-2/h11,13-14,16-17,19-20,22,46-47H,3-10,12,15,18,21,23-45,50H2,1-2H3,(H,52,53)(H,54,55)/b13-11-,16-14-,19-17-,22-20-. The summed E-state index contributed by atoms with van der Waals surface area (Å²) >= 11 is 0. The SMILES string of the molecule is CCCCC/C=C\C/C=C\CCCCCCCCCCCC(=O)OC(COCCCCCCCCCC/C=C\C/C=C\CCCCCC)COP(=O)(O)OCC(N)C(=O)O. The number of carboxylic acid groups (broad SMARTS) is 1. The molecule has 0 saturated carbocycles. The molecule has 10 nitrogen and oxygen atoms in total. The third kappa shape index (κ3) is 44.0. The van der Waals surface area contributed by atoms with E-state index in [1.165, 1.54) is 122 Å². The molecule has 0 aromatic carbocycles. The van der Waals surface area contributed by atoms with Gasteiger partial charge in [0.2, 0.25) is 0 Å². The van der Waals surface area contributed by atoms with Gasteiger partial charge in [-0.1, -0.05) is 178 Å². The highest BCUT2D eigenvalue weighted by molar-refractivity contribution is 7.47. The number of rotatable bonds is 46. The first-order valence-electron chi connectivity index (χ1n) is 24.2. The van der Waals surface area contributed by atoms with Crippen molar-refractivity contribution >= 4 is 19.8 Å². The summed E-state index contributed by atoms with van der Waals surface area (Å²) < 4.78 is 33.5. The molecule has 4 N–H and O–H groups in total. The first-order chi connectivity index (χ1) is 29.2. The molecule has 350 valence electrons. The van der Waals surface area contributed by atoms with Crippen LogP contribution in [-0.2, 0) is 32.7 Å². The van der Waals surface area contributed by atoms with Crippen molar-refractivity contribution in [3.05, 3.63) is 48.6 Å². The molecule has 3 atom stereocenters. The third-order valence-corrected chi connectivity index (χ3v) is 11.3. The van der Waals surface area contributed by atoms with E-state index >= 15 is 0 Å². The summed E-state index contributed by atoms with van der Waals surface area (Å²) in [5.74, 6) is -1.78. The van der Waals surface area contributed by atoms with Crippen LogP contribution < -0.4 is 5.73 Å². The Morgan fingerprint density at radius 3 is 1.38 bits per heavy atom. The van der Waals surface area contributed by atoms with Crippen molar-refractivity contribution in [3.63, 3.8) is 0 Å². The Morgan fingerprint density at radius 2 is 0.917 bits per heavy atom. The molecule has 0 saturated heterocycles. The maximum Gasteiger partial charge on any atom is 0.472 e. The number of ether oxygens (including phenoxy) is 2. The molecule has 0 aliphatic carbocycles. The lowest BCUT2D eigenvalue weighted by molar-refractivity contribution is -0.154. The van der Waals surface area contributed by atoms with Crippen LogP contribution in [0.15, 0.2) is 48.6 Å². The van der Waals surface area contributed by atoms with E-state index in [0.717, 1.165) is 64.2 Å². The van der Waals surface area contributed by atoms with Gasteiger partial charge >= 0.3 is 19.8 Å². The van der Waals surface area contributed by atoms with E-state index < -0.39 is 45.1 Å². The predicted octanol–water partition coefficient (Wildman–Crippen LogP) is 13.8. The number of carbonyl (C=O) groups excluding carboxylic acids is 1. The number of carbonyl (C=O) groups is 2. The summed E-state index contributed by atoms with van der Waals surface area (Å²) in [5.41, 5.74) is 5.37. The van der Waals surface area contributed by atoms with Crippen LogP contribution >= 0.6 is 7.82 Å². The van der Waals surface area contributed by atoms with Gasteiger partial charge in [-0.25, -0.2) is 4.57 Å². The van der Waals surface area contributed by atoms with Crippen LogP contribution in [0.3, 0.4) is 0 Å². The Kier molecular flexibility index (Phi) is 43.4. The van der Waals surface area contributed by atoms with Crippen LogP contribution in [0.4, 0.5) is 0 Å². The Morgan fingerprint density at radius 1 is 0.533 bits per heavy atom. The molecule has 60 heavy (non-hydrogen) atoms. The highest BCUT2D eigenvalue weighted by Gasteiger charge is 2.27. The second-order valence-corrected chi connectivity index (χ2v) is 17.7. The zero-order valence-corrected chi connectivity index (χ0v) is 39.2. The fourth-order valence-corrected chi connectivity index (χ4v) is 7.32. The highest BCUT2D eigenvalue weighted by atomic mass is 31.2. The van der Waals surface area contributed by atoms with Crippen molar-refractivity contribution in [3.8, 4) is 0 Å². The third-order valence-electron chi connectivity index (χ3n) is 10.3. The molecule has 0 bridgehead atoms. The second-order valence-electron chi connectivity index (χ2n) is 16.2. The molecule has 3 unspecified atom stereocenters. The highest BCUT2D eigenvalue weighted by Crippen LogP contribution is 2.43. The minimum absolute atomic E-state index is 0.0109. The van der Waals surface area contributed by atoms with Crippen LogP contribution in [-0.4, -0.2) is 60.5 Å². The van der Waals surface area contributed by atoms with Crippen LogP contribution in [0.25, 0.3) is 0 Å². The number of phosphoric ester groups is 1. The van der Waals surface area contributed by atoms with E-state index in [0.29, 0.717) is 13.0 Å². The molecular formula is C49H90NO9P. The predicted molar refractivity (Wildman–Crippen MR) is 249 cm³/mol. The van der Waals surface area contributed by atoms with Gasteiger partial charge in [-0.05, 0) is 77.0 Å². The molecule has 0 heterocycles. The number of esters is 1. The summed E-state index contributed by atoms with van der Waals surface area (Å²) in [6, 6.07) is -1.48. The van der Waals surface area contributed by atoms with Gasteiger partial charge in [-0.15, -0.1) is 0 Å². The fourth-order valence-electron chi connectivity index (χ4n) is 6.55. The summed E-state index contributed by atoms with van der Waals surface area (Å²) in [6.45, 7) is 3.84. The van der Waals surface area contributed by atoms with Crippen molar-refractivity contribution in [2.24, 2.45) is 5.73 Å².